The maximum absolute atomic E-state index is 12.5. The molecule has 0 unspecified atom stereocenters. The van der Waals surface area contributed by atoms with Crippen LogP contribution >= 0.6 is 0 Å². The number of rotatable bonds is 5. The highest BCUT2D eigenvalue weighted by molar-refractivity contribution is 5.92. The third kappa shape index (κ3) is 4.03. The molecule has 158 valence electrons. The number of aromatic amines is 1. The molecule has 4 rings (SSSR count). The molecule has 1 N–H and O–H groups in total. The number of H-pyrrole nitrogens is 1. The van der Waals surface area contributed by atoms with Crippen LogP contribution in [0.25, 0.3) is 22.3 Å². The summed E-state index contributed by atoms with van der Waals surface area (Å²) in [5.74, 6) is -0.719. The smallest absolute Gasteiger partial charge is 0.344 e. The summed E-state index contributed by atoms with van der Waals surface area (Å²) in [4.78, 5) is 52.2. The van der Waals surface area contributed by atoms with Gasteiger partial charge in [-0.3, -0.25) is 25.0 Å². The molecule has 0 radical (unpaired) electrons. The van der Waals surface area contributed by atoms with E-state index in [1.165, 1.54) is 12.1 Å². The first-order valence-corrected chi connectivity index (χ1v) is 9.07. The molecule has 1 aromatic heterocycles. The first-order chi connectivity index (χ1) is 15.3. The number of ether oxygens (including phenoxy) is 1. The normalized spacial score (nSPS) is 10.6. The molecule has 0 atom stereocenters. The Morgan fingerprint density at radius 3 is 2.28 bits per heavy atom. The highest BCUT2D eigenvalue weighted by Gasteiger charge is 2.21. The first kappa shape index (κ1) is 20.3. The zero-order chi connectivity index (χ0) is 22.8. The zero-order valence-electron chi connectivity index (χ0n) is 16.1. The Bertz CT molecular complexity index is 1430. The molecule has 3 aromatic carbocycles. The monoisotopic (exact) mass is 432 g/mol. The lowest BCUT2D eigenvalue weighted by atomic mass is 10.1. The van der Waals surface area contributed by atoms with E-state index in [1.54, 1.807) is 36.4 Å². The van der Waals surface area contributed by atoms with Crippen molar-refractivity contribution in [2.24, 2.45) is 0 Å². The molecule has 11 heteroatoms. The molecule has 0 aliphatic carbocycles. The van der Waals surface area contributed by atoms with E-state index in [0.717, 1.165) is 18.2 Å². The summed E-state index contributed by atoms with van der Waals surface area (Å²) in [6.45, 7) is 0. The Morgan fingerprint density at radius 2 is 1.59 bits per heavy atom. The van der Waals surface area contributed by atoms with Gasteiger partial charge in [-0.05, 0) is 24.3 Å². The van der Waals surface area contributed by atoms with E-state index in [1.807, 2.05) is 0 Å². The van der Waals surface area contributed by atoms with Crippen LogP contribution in [0.2, 0.25) is 0 Å². The van der Waals surface area contributed by atoms with Crippen molar-refractivity contribution >= 4 is 28.2 Å². The Kier molecular flexibility index (Phi) is 5.13. The second-order valence-corrected chi connectivity index (χ2v) is 6.60. The van der Waals surface area contributed by atoms with E-state index in [-0.39, 0.29) is 22.7 Å². The molecule has 0 spiro atoms. The van der Waals surface area contributed by atoms with Crippen molar-refractivity contribution in [3.05, 3.63) is 103 Å². The minimum atomic E-state index is -1.02. The quantitative estimate of drug-likeness (QED) is 0.217. The van der Waals surface area contributed by atoms with Crippen LogP contribution in [-0.2, 0) is 0 Å². The number of nitrogens with zero attached hydrogens (tertiary/aromatic N) is 3. The van der Waals surface area contributed by atoms with E-state index in [0.29, 0.717) is 16.5 Å². The van der Waals surface area contributed by atoms with Gasteiger partial charge >= 0.3 is 5.97 Å². The number of aromatic nitrogens is 2. The fourth-order valence-corrected chi connectivity index (χ4v) is 3.02. The van der Waals surface area contributed by atoms with Crippen LogP contribution in [0, 0.1) is 20.2 Å². The number of nitro benzene ring substituents is 2. The minimum absolute atomic E-state index is 0.0532. The van der Waals surface area contributed by atoms with Gasteiger partial charge in [0.25, 0.3) is 16.9 Å². The molecule has 0 fully saturated rings. The molecule has 0 bridgehead atoms. The van der Waals surface area contributed by atoms with E-state index < -0.39 is 27.2 Å². The Balaban J connectivity index is 1.67. The largest absolute Gasteiger partial charge is 0.423 e. The molecule has 0 amide bonds. The van der Waals surface area contributed by atoms with Gasteiger partial charge in [-0.1, -0.05) is 24.3 Å². The fourth-order valence-electron chi connectivity index (χ4n) is 3.02. The second kappa shape index (κ2) is 8.07. The van der Waals surface area contributed by atoms with Crippen LogP contribution in [0.4, 0.5) is 11.4 Å². The van der Waals surface area contributed by atoms with Gasteiger partial charge in [-0.25, -0.2) is 9.78 Å². The number of benzene rings is 3. The Morgan fingerprint density at radius 1 is 0.906 bits per heavy atom. The van der Waals surface area contributed by atoms with Crippen molar-refractivity contribution in [3.63, 3.8) is 0 Å². The molecular weight excluding hydrogens is 420 g/mol. The zero-order valence-corrected chi connectivity index (χ0v) is 16.1. The van der Waals surface area contributed by atoms with E-state index in [2.05, 4.69) is 9.97 Å². The summed E-state index contributed by atoms with van der Waals surface area (Å²) >= 11 is 0. The third-order valence-corrected chi connectivity index (χ3v) is 4.49. The molecular formula is C21H12N4O7. The SMILES string of the molecule is O=C(Oc1cccc(-c2nc3ccccc3c(=O)[nH]2)c1)c1cc([N+](=O)[O-])cc([N+](=O)[O-])c1. The lowest BCUT2D eigenvalue weighted by Gasteiger charge is -2.07. The van der Waals surface area contributed by atoms with Gasteiger partial charge in [0.05, 0.1) is 32.4 Å². The average molecular weight is 432 g/mol. The Labute approximate surface area is 178 Å². The number of nitro groups is 2. The molecule has 32 heavy (non-hydrogen) atoms. The topological polar surface area (TPSA) is 158 Å². The number of hydrogen-bond donors (Lipinski definition) is 1. The molecule has 1 heterocycles. The summed E-state index contributed by atoms with van der Waals surface area (Å²) in [5.41, 5.74) is -0.984. The Hall–Kier alpha value is -4.93. The van der Waals surface area contributed by atoms with Crippen molar-refractivity contribution in [3.8, 4) is 17.1 Å². The average Bonchev–Trinajstić information content (AvgIpc) is 2.78. The van der Waals surface area contributed by atoms with Crippen molar-refractivity contribution in [1.82, 2.24) is 9.97 Å². The van der Waals surface area contributed by atoms with E-state index in [4.69, 9.17) is 4.74 Å². The van der Waals surface area contributed by atoms with Crippen LogP contribution in [-0.4, -0.2) is 25.8 Å². The van der Waals surface area contributed by atoms with Gasteiger partial charge in [0.1, 0.15) is 11.6 Å². The predicted octanol–water partition coefficient (Wildman–Crippen LogP) is 3.63. The number of esters is 1. The van der Waals surface area contributed by atoms with Crippen LogP contribution in [0.5, 0.6) is 5.75 Å². The maximum atomic E-state index is 12.5. The summed E-state index contributed by atoms with van der Waals surface area (Å²) in [7, 11) is 0. The van der Waals surface area contributed by atoms with Crippen LogP contribution in [0.1, 0.15) is 10.4 Å². The molecule has 4 aromatic rings. The number of non-ortho nitro benzene ring substituents is 2. The summed E-state index contributed by atoms with van der Waals surface area (Å²) in [6, 6.07) is 15.4. The number of carbonyl (C=O) groups excluding carboxylic acids is 1. The van der Waals surface area contributed by atoms with E-state index in [9.17, 15) is 29.8 Å². The molecule has 0 saturated carbocycles. The molecule has 0 aliphatic heterocycles. The molecule has 0 saturated heterocycles. The third-order valence-electron chi connectivity index (χ3n) is 4.49. The van der Waals surface area contributed by atoms with Crippen molar-refractivity contribution in [2.75, 3.05) is 0 Å². The van der Waals surface area contributed by atoms with Gasteiger partial charge in [-0.2, -0.15) is 0 Å². The van der Waals surface area contributed by atoms with Gasteiger partial charge in [-0.15, -0.1) is 0 Å². The highest BCUT2D eigenvalue weighted by Crippen LogP contribution is 2.25. The van der Waals surface area contributed by atoms with Crippen molar-refractivity contribution in [2.45, 2.75) is 0 Å². The minimum Gasteiger partial charge on any atom is -0.423 e. The number of nitrogens with one attached hydrogen (secondary N) is 1. The van der Waals surface area contributed by atoms with Crippen molar-refractivity contribution < 1.29 is 19.4 Å². The summed E-state index contributed by atoms with van der Waals surface area (Å²) < 4.78 is 5.25. The lowest BCUT2D eigenvalue weighted by Crippen LogP contribution is -2.11. The maximum Gasteiger partial charge on any atom is 0.344 e. The summed E-state index contributed by atoms with van der Waals surface area (Å²) in [6.07, 6.45) is 0. The first-order valence-electron chi connectivity index (χ1n) is 9.07. The van der Waals surface area contributed by atoms with Crippen LogP contribution < -0.4 is 10.3 Å². The van der Waals surface area contributed by atoms with Crippen molar-refractivity contribution in [1.29, 1.82) is 0 Å². The second-order valence-electron chi connectivity index (χ2n) is 6.60. The number of hydrogen-bond acceptors (Lipinski definition) is 8. The number of carbonyl (C=O) groups is 1. The predicted molar refractivity (Wildman–Crippen MR) is 113 cm³/mol. The highest BCUT2D eigenvalue weighted by atomic mass is 16.6. The van der Waals surface area contributed by atoms with Gasteiger partial charge in [0.2, 0.25) is 0 Å². The van der Waals surface area contributed by atoms with Crippen LogP contribution in [0.15, 0.2) is 71.5 Å². The standard InChI is InChI=1S/C21H12N4O7/c26-20-17-6-1-2-7-18(17)22-19(23-20)12-4-3-5-16(10-12)32-21(27)13-8-14(24(28)29)11-15(9-13)25(30)31/h1-11H,(H,22,23,26). The lowest BCUT2D eigenvalue weighted by molar-refractivity contribution is -0.394. The van der Waals surface area contributed by atoms with Gasteiger partial charge in [0.15, 0.2) is 0 Å². The molecule has 11 nitrogen and oxygen atoms in total. The van der Waals surface area contributed by atoms with Gasteiger partial charge in [0, 0.05) is 17.7 Å². The van der Waals surface area contributed by atoms with Gasteiger partial charge < -0.3 is 9.72 Å². The van der Waals surface area contributed by atoms with Crippen LogP contribution in [0.3, 0.4) is 0 Å². The molecule has 0 aliphatic rings. The number of para-hydroxylation sites is 1. The van der Waals surface area contributed by atoms with E-state index >= 15 is 0 Å². The summed E-state index contributed by atoms with van der Waals surface area (Å²) in [5, 5.41) is 22.5. The fraction of sp³-hybridized carbons (Fsp3) is 0. The number of fused-ring (bicyclic) bond motifs is 1.